The lowest BCUT2D eigenvalue weighted by Gasteiger charge is -2.27. The molecule has 3 aromatic rings. The molecule has 4 nitrogen and oxygen atoms in total. The van der Waals surface area contributed by atoms with E-state index in [1.54, 1.807) is 11.3 Å². The van der Waals surface area contributed by atoms with Crippen LogP contribution < -0.4 is 5.32 Å². The molecule has 3 heterocycles. The fourth-order valence-electron chi connectivity index (χ4n) is 4.78. The Morgan fingerprint density at radius 1 is 1.14 bits per heavy atom. The smallest absolute Gasteiger partial charge is 0.251 e. The molecule has 1 amide bonds. The van der Waals surface area contributed by atoms with Crippen LogP contribution in [0.2, 0.25) is 0 Å². The molecule has 1 atom stereocenters. The molecule has 5 heteroatoms. The minimum absolute atomic E-state index is 0.0356. The number of H-pyrrole nitrogens is 1. The van der Waals surface area contributed by atoms with E-state index in [0.29, 0.717) is 6.54 Å². The first kappa shape index (κ1) is 18.0. The Balaban J connectivity index is 1.34. The van der Waals surface area contributed by atoms with Gasteiger partial charge in [-0.1, -0.05) is 6.07 Å². The van der Waals surface area contributed by atoms with Crippen LogP contribution in [0.1, 0.15) is 58.2 Å². The average Bonchev–Trinajstić information content (AvgIpc) is 3.48. The van der Waals surface area contributed by atoms with Crippen molar-refractivity contribution in [3.05, 3.63) is 57.4 Å². The molecule has 2 aromatic heterocycles. The van der Waals surface area contributed by atoms with Crippen LogP contribution >= 0.6 is 11.3 Å². The fourth-order valence-corrected chi connectivity index (χ4v) is 5.64. The highest BCUT2D eigenvalue weighted by Crippen LogP contribution is 2.30. The highest BCUT2D eigenvalue weighted by molar-refractivity contribution is 7.10. The molecule has 1 unspecified atom stereocenters. The van der Waals surface area contributed by atoms with Gasteiger partial charge in [0.2, 0.25) is 0 Å². The third kappa shape index (κ3) is 3.38. The van der Waals surface area contributed by atoms with E-state index in [-0.39, 0.29) is 11.9 Å². The van der Waals surface area contributed by atoms with Crippen LogP contribution in [-0.4, -0.2) is 35.4 Å². The van der Waals surface area contributed by atoms with Crippen LogP contribution in [-0.2, 0) is 12.8 Å². The standard InChI is InChI=1S/C23H27N3OS/c27-23(24-15-21(22-8-5-13-28-22)26-11-3-4-12-26)16-9-10-20-18(14-16)17-6-1-2-7-19(17)25-20/h5,8-10,13-14,21,25H,1-4,6-7,11-12,15H2,(H,24,27). The monoisotopic (exact) mass is 393 g/mol. The second kappa shape index (κ2) is 7.72. The molecule has 5 rings (SSSR count). The number of fused-ring (bicyclic) bond motifs is 3. The number of thiophene rings is 1. The van der Waals surface area contributed by atoms with Crippen molar-refractivity contribution in [2.45, 2.75) is 44.6 Å². The number of amides is 1. The zero-order valence-electron chi connectivity index (χ0n) is 16.2. The van der Waals surface area contributed by atoms with Crippen LogP contribution in [0.4, 0.5) is 0 Å². The van der Waals surface area contributed by atoms with Crippen molar-refractivity contribution in [2.75, 3.05) is 19.6 Å². The van der Waals surface area contributed by atoms with Crippen LogP contribution in [0.5, 0.6) is 0 Å². The molecular formula is C23H27N3OS. The van der Waals surface area contributed by atoms with Gasteiger partial charge in [0.05, 0.1) is 6.04 Å². The maximum absolute atomic E-state index is 12.9. The Morgan fingerprint density at radius 3 is 2.82 bits per heavy atom. The number of rotatable bonds is 5. The summed E-state index contributed by atoms with van der Waals surface area (Å²) in [5.41, 5.74) is 4.72. The van der Waals surface area contributed by atoms with Gasteiger partial charge in [-0.05, 0) is 86.8 Å². The summed E-state index contributed by atoms with van der Waals surface area (Å²) in [6.07, 6.45) is 7.26. The van der Waals surface area contributed by atoms with E-state index in [9.17, 15) is 4.79 Å². The normalized spacial score (nSPS) is 18.3. The predicted molar refractivity (Wildman–Crippen MR) is 115 cm³/mol. The second-order valence-electron chi connectivity index (χ2n) is 8.03. The van der Waals surface area contributed by atoms with Crippen molar-refractivity contribution >= 4 is 28.1 Å². The minimum atomic E-state index is 0.0356. The molecule has 1 aliphatic heterocycles. The van der Waals surface area contributed by atoms with Gasteiger partial charge < -0.3 is 10.3 Å². The SMILES string of the molecule is O=C(NCC(c1cccs1)N1CCCC1)c1ccc2[nH]c3c(c2c1)CCCC3. The van der Waals surface area contributed by atoms with Crippen LogP contribution in [0, 0.1) is 0 Å². The number of aryl methyl sites for hydroxylation is 2. The molecule has 0 spiro atoms. The van der Waals surface area contributed by atoms with Crippen LogP contribution in [0.25, 0.3) is 10.9 Å². The lowest BCUT2D eigenvalue weighted by atomic mass is 9.95. The Bertz CT molecular complexity index is 969. The van der Waals surface area contributed by atoms with Gasteiger partial charge in [-0.25, -0.2) is 0 Å². The number of aromatic amines is 1. The van der Waals surface area contributed by atoms with Crippen molar-refractivity contribution in [2.24, 2.45) is 0 Å². The fraction of sp³-hybridized carbons (Fsp3) is 0.435. The molecule has 0 bridgehead atoms. The first-order chi connectivity index (χ1) is 13.8. The maximum Gasteiger partial charge on any atom is 0.251 e. The molecule has 2 aliphatic rings. The summed E-state index contributed by atoms with van der Waals surface area (Å²) in [6.45, 7) is 2.92. The number of hydrogen-bond acceptors (Lipinski definition) is 3. The van der Waals surface area contributed by atoms with E-state index in [0.717, 1.165) is 37.0 Å². The number of carbonyl (C=O) groups excluding carboxylic acids is 1. The van der Waals surface area contributed by atoms with E-state index < -0.39 is 0 Å². The number of likely N-dealkylation sites (tertiary alicyclic amines) is 1. The third-order valence-corrected chi connectivity index (χ3v) is 7.24. The maximum atomic E-state index is 12.9. The number of nitrogens with one attached hydrogen (secondary N) is 2. The number of nitrogens with zero attached hydrogens (tertiary/aromatic N) is 1. The molecule has 0 saturated carbocycles. The lowest BCUT2D eigenvalue weighted by Crippen LogP contribution is -2.36. The number of carbonyl (C=O) groups is 1. The van der Waals surface area contributed by atoms with E-state index in [4.69, 9.17) is 0 Å². The summed E-state index contributed by atoms with van der Waals surface area (Å²) in [6, 6.07) is 10.7. The van der Waals surface area contributed by atoms with Gasteiger partial charge >= 0.3 is 0 Å². The van der Waals surface area contributed by atoms with E-state index in [1.165, 1.54) is 47.2 Å². The largest absolute Gasteiger partial charge is 0.358 e. The highest BCUT2D eigenvalue weighted by Gasteiger charge is 2.25. The predicted octanol–water partition coefficient (Wildman–Crippen LogP) is 4.68. The van der Waals surface area contributed by atoms with Crippen LogP contribution in [0.3, 0.4) is 0 Å². The van der Waals surface area contributed by atoms with Gasteiger partial charge in [0, 0.05) is 33.6 Å². The van der Waals surface area contributed by atoms with Gasteiger partial charge in [-0.2, -0.15) is 0 Å². The molecule has 1 fully saturated rings. The summed E-state index contributed by atoms with van der Waals surface area (Å²) < 4.78 is 0. The van der Waals surface area contributed by atoms with Crippen molar-refractivity contribution in [3.63, 3.8) is 0 Å². The van der Waals surface area contributed by atoms with Crippen molar-refractivity contribution in [1.29, 1.82) is 0 Å². The van der Waals surface area contributed by atoms with Gasteiger partial charge in [-0.15, -0.1) is 11.3 Å². The first-order valence-electron chi connectivity index (χ1n) is 10.5. The van der Waals surface area contributed by atoms with Crippen molar-refractivity contribution in [1.82, 2.24) is 15.2 Å². The second-order valence-corrected chi connectivity index (χ2v) is 9.01. The number of hydrogen-bond donors (Lipinski definition) is 2. The Kier molecular flexibility index (Phi) is 4.95. The van der Waals surface area contributed by atoms with Gasteiger partial charge in [0.15, 0.2) is 0 Å². The molecule has 1 aliphatic carbocycles. The molecule has 0 radical (unpaired) electrons. The summed E-state index contributed by atoms with van der Waals surface area (Å²) in [5, 5.41) is 6.58. The summed E-state index contributed by atoms with van der Waals surface area (Å²) in [4.78, 5) is 20.3. The Morgan fingerprint density at radius 2 is 2.00 bits per heavy atom. The quantitative estimate of drug-likeness (QED) is 0.661. The molecular weight excluding hydrogens is 366 g/mol. The van der Waals surface area contributed by atoms with Gasteiger partial charge in [-0.3, -0.25) is 9.69 Å². The molecule has 2 N–H and O–H groups in total. The van der Waals surface area contributed by atoms with Gasteiger partial charge in [0.1, 0.15) is 0 Å². The summed E-state index contributed by atoms with van der Waals surface area (Å²) in [7, 11) is 0. The molecule has 28 heavy (non-hydrogen) atoms. The van der Waals surface area contributed by atoms with Crippen molar-refractivity contribution in [3.8, 4) is 0 Å². The summed E-state index contributed by atoms with van der Waals surface area (Å²) in [5.74, 6) is 0.0356. The number of aromatic nitrogens is 1. The lowest BCUT2D eigenvalue weighted by molar-refractivity contribution is 0.0938. The Labute approximate surface area is 169 Å². The average molecular weight is 394 g/mol. The first-order valence-corrected chi connectivity index (χ1v) is 11.4. The summed E-state index contributed by atoms with van der Waals surface area (Å²) >= 11 is 1.79. The zero-order valence-corrected chi connectivity index (χ0v) is 17.0. The van der Waals surface area contributed by atoms with Gasteiger partial charge in [0.25, 0.3) is 5.91 Å². The Hall–Kier alpha value is -2.11. The van der Waals surface area contributed by atoms with E-state index in [1.807, 2.05) is 6.07 Å². The highest BCUT2D eigenvalue weighted by atomic mass is 32.1. The number of benzene rings is 1. The topological polar surface area (TPSA) is 48.1 Å². The van der Waals surface area contributed by atoms with E-state index in [2.05, 4.69) is 44.8 Å². The molecule has 1 aromatic carbocycles. The zero-order chi connectivity index (χ0) is 18.9. The van der Waals surface area contributed by atoms with Crippen LogP contribution in [0.15, 0.2) is 35.7 Å². The minimum Gasteiger partial charge on any atom is -0.358 e. The molecule has 1 saturated heterocycles. The van der Waals surface area contributed by atoms with E-state index >= 15 is 0 Å². The molecule has 146 valence electrons. The van der Waals surface area contributed by atoms with Crippen molar-refractivity contribution < 1.29 is 4.79 Å². The third-order valence-electron chi connectivity index (χ3n) is 6.27.